The molecule has 72 heavy (non-hydrogen) atoms. The van der Waals surface area contributed by atoms with Crippen LogP contribution in [0.5, 0.6) is 0 Å². The van der Waals surface area contributed by atoms with Crippen molar-refractivity contribution in [1.82, 2.24) is 0 Å². The Bertz CT molecular complexity index is 1840. The zero-order valence-corrected chi connectivity index (χ0v) is 53.0. The number of alkyl halides is 3. The van der Waals surface area contributed by atoms with Crippen LogP contribution in [0.1, 0.15) is 119 Å². The van der Waals surface area contributed by atoms with Gasteiger partial charge in [0.25, 0.3) is 0 Å². The molecule has 416 valence electrons. The third-order valence-electron chi connectivity index (χ3n) is 5.69. The molecule has 3 aromatic carbocycles. The molecule has 3 aromatic rings. The first kappa shape index (κ1) is 94.1. The molecule has 3 rings (SSSR count). The van der Waals surface area contributed by atoms with Gasteiger partial charge in [-0.2, -0.15) is 10.8 Å². The van der Waals surface area contributed by atoms with Gasteiger partial charge in [0.05, 0.1) is 38.4 Å². The van der Waals surface area contributed by atoms with Crippen molar-refractivity contribution in [3.8, 4) is 0 Å². The smallest absolute Gasteiger partial charge is 0.464 e. The van der Waals surface area contributed by atoms with E-state index in [1.165, 1.54) is 42.8 Å². The van der Waals surface area contributed by atoms with Crippen molar-refractivity contribution < 1.29 is 110 Å². The maximum Gasteiger partial charge on any atom is 1.00 e. The van der Waals surface area contributed by atoms with E-state index in [9.17, 15) is 44.3 Å². The summed E-state index contributed by atoms with van der Waals surface area (Å²) in [7, 11) is -2.80. The average molecular weight is 1410 g/mol. The molecule has 0 fully saturated rings. The molecular formula is C47H77Br3F6ILiN2O9S2Ti. The summed E-state index contributed by atoms with van der Waals surface area (Å²) in [5.41, 5.74) is -0.321. The Morgan fingerprint density at radius 2 is 1.00 bits per heavy atom. The molecule has 0 radical (unpaired) electrons. The molecule has 0 amide bonds. The third kappa shape index (κ3) is 62.2. The molecule has 0 aliphatic carbocycles. The molecule has 0 unspecified atom stereocenters. The number of rotatable bonds is 8. The summed E-state index contributed by atoms with van der Waals surface area (Å²) in [5, 5.41) is 35.3. The number of aliphatic hydroxyl groups excluding tert-OH is 4. The molecule has 0 aliphatic rings. The van der Waals surface area contributed by atoms with Crippen LogP contribution in [0.2, 0.25) is 0 Å². The Morgan fingerprint density at radius 3 is 1.24 bits per heavy atom. The van der Waals surface area contributed by atoms with Crippen molar-refractivity contribution in [1.29, 1.82) is 0 Å². The van der Waals surface area contributed by atoms with Gasteiger partial charge in [-0.15, -0.1) is 0 Å². The van der Waals surface area contributed by atoms with Crippen molar-refractivity contribution in [2.45, 2.75) is 113 Å². The summed E-state index contributed by atoms with van der Waals surface area (Å²) < 4.78 is 107. The summed E-state index contributed by atoms with van der Waals surface area (Å²) in [4.78, 5) is 20.6. The maximum absolute atomic E-state index is 13.6. The SMILES string of the molecule is C.CC(C)(C)[S@@](=O)N=C(CF)c1cc(Br)ccc1F.CC(C)(C)[S@](N)=O.CCO.CCO.CCO.CCO.CCOC(=O)CF.Fc1ccc(Br)cc1I.O=C(CF)c1cc(Br)ccc1F.[CH2-]CCC.[Li+].[Ti]. The molecular weight excluding hydrogens is 1340 g/mol. The van der Waals surface area contributed by atoms with Gasteiger partial charge in [-0.25, -0.2) is 39.6 Å². The van der Waals surface area contributed by atoms with E-state index in [1.807, 2.05) is 43.4 Å². The summed E-state index contributed by atoms with van der Waals surface area (Å²) in [6.07, 6.45) is 2.28. The molecule has 11 nitrogen and oxygen atoms in total. The van der Waals surface area contributed by atoms with Gasteiger partial charge in [0.2, 0.25) is 0 Å². The predicted octanol–water partition coefficient (Wildman–Crippen LogP) is 9.92. The Labute approximate surface area is 497 Å². The number of aliphatic hydroxyl groups is 4. The van der Waals surface area contributed by atoms with Crippen LogP contribution >= 0.6 is 70.4 Å². The fourth-order valence-electron chi connectivity index (χ4n) is 2.55. The summed E-state index contributed by atoms with van der Waals surface area (Å²) in [6, 6.07) is 12.8. The van der Waals surface area contributed by atoms with Gasteiger partial charge < -0.3 is 32.1 Å². The van der Waals surface area contributed by atoms with E-state index in [2.05, 4.69) is 70.8 Å². The Hall–Kier alpha value is -0.368. The number of nitrogens with zero attached hydrogens (tertiary/aromatic N) is 1. The average Bonchev–Trinajstić information content (AvgIpc) is 3.27. The molecule has 0 aliphatic heterocycles. The number of ether oxygens (including phenoxy) is 1. The second-order valence-electron chi connectivity index (χ2n) is 13.9. The zero-order chi connectivity index (χ0) is 55.9. The quantitative estimate of drug-likeness (QED) is 0.0213. The van der Waals surface area contributed by atoms with Crippen LogP contribution in [-0.2, 0) is 53.2 Å². The van der Waals surface area contributed by atoms with Gasteiger partial charge in [-0.3, -0.25) is 9.93 Å². The summed E-state index contributed by atoms with van der Waals surface area (Å²) >= 11 is 11.4. The van der Waals surface area contributed by atoms with Gasteiger partial charge in [-0.1, -0.05) is 68.6 Å². The Balaban J connectivity index is -0.0000000791. The molecule has 2 atom stereocenters. The normalized spacial score (nSPS) is 10.4. The second kappa shape index (κ2) is 61.5. The van der Waals surface area contributed by atoms with E-state index in [1.54, 1.807) is 67.5 Å². The van der Waals surface area contributed by atoms with Crippen molar-refractivity contribution >= 4 is 110 Å². The molecule has 0 heterocycles. The monoisotopic (exact) mass is 1410 g/mol. The topological polar surface area (TPSA) is 197 Å². The first-order valence-corrected chi connectivity index (χ1v) is 26.5. The Morgan fingerprint density at radius 1 is 0.681 bits per heavy atom. The standard InChI is InChI=1S/C12H14BrF2NOS.C8H5BrF2O.C6H3BrFI.C4H7FO2.C4H11NOS.C4H9.4C2H6O.CH4.Li.Ti/c1-12(2,3)18(17)16-11(7-14)9-6-8(13)4-5-10(9)15;9-5-1-2-7(11)6(3-5)8(12)4-10;7-4-1-2-5(8)6(9)3-4;1-2-7-4(6)3-5;1-4(2,3)7(5)6;1-3-4-2;4*1-2-3;;;/h4-6H,7H2,1-3H3;1-3H,4H2;1-3H;2-3H2,1H3;5H2,1-3H3;1,3-4H2,2H3;4*3H,2H2,1H3;1H4;;/q;;;;;-1;;;;;;+1;/t18-;;;;7-;;;;;;;;/m1...1......../s1. The number of hydrogen-bond acceptors (Lipinski definition) is 9. The Kier molecular flexibility index (Phi) is 80.3. The van der Waals surface area contributed by atoms with Crippen molar-refractivity contribution in [3.63, 3.8) is 0 Å². The van der Waals surface area contributed by atoms with Gasteiger partial charge in [0, 0.05) is 70.7 Å². The van der Waals surface area contributed by atoms with Gasteiger partial charge in [-0.05, 0) is 153 Å². The molecule has 0 saturated heterocycles. The van der Waals surface area contributed by atoms with E-state index in [4.69, 9.17) is 25.6 Å². The summed E-state index contributed by atoms with van der Waals surface area (Å²) in [5.74, 6) is -3.07. The number of benzene rings is 3. The van der Waals surface area contributed by atoms with Crippen LogP contribution in [0, 0.1) is 27.9 Å². The predicted molar refractivity (Wildman–Crippen MR) is 298 cm³/mol. The van der Waals surface area contributed by atoms with E-state index in [0.29, 0.717) is 12.5 Å². The van der Waals surface area contributed by atoms with Crippen LogP contribution in [0.25, 0.3) is 0 Å². The van der Waals surface area contributed by atoms with Crippen LogP contribution in [0.4, 0.5) is 26.3 Å². The van der Waals surface area contributed by atoms with Gasteiger partial charge in [0.1, 0.15) is 35.1 Å². The fraction of sp³-hybridized carbons (Fsp3) is 0.532. The number of ketones is 1. The van der Waals surface area contributed by atoms with Gasteiger partial charge in [0.15, 0.2) is 19.1 Å². The van der Waals surface area contributed by atoms with Crippen LogP contribution < -0.4 is 24.0 Å². The number of esters is 1. The van der Waals surface area contributed by atoms with Crippen LogP contribution in [0.3, 0.4) is 0 Å². The molecule has 0 saturated carbocycles. The minimum atomic E-state index is -1.62. The van der Waals surface area contributed by atoms with Crippen molar-refractivity contribution in [3.05, 3.63) is 107 Å². The minimum Gasteiger partial charge on any atom is -0.464 e. The molecule has 25 heteroatoms. The van der Waals surface area contributed by atoms with E-state index in [0.717, 1.165) is 17.0 Å². The zero-order valence-electron chi connectivity index (χ0n) is 42.9. The number of hydrogen-bond donors (Lipinski definition) is 5. The second-order valence-corrected chi connectivity index (χ2v) is 21.5. The molecule has 0 spiro atoms. The molecule has 6 N–H and O–H groups in total. The molecule has 0 bridgehead atoms. The minimum absolute atomic E-state index is 0. The maximum atomic E-state index is 13.6. The number of unbranched alkanes of at least 4 members (excludes halogenated alkanes) is 1. The van der Waals surface area contributed by atoms with E-state index >= 15 is 0 Å². The first-order valence-electron chi connectivity index (χ1n) is 20.7. The largest absolute Gasteiger partial charge is 1.00 e. The van der Waals surface area contributed by atoms with Crippen molar-refractivity contribution in [2.75, 3.05) is 53.1 Å². The fourth-order valence-corrected chi connectivity index (χ4v) is 5.20. The number of carbonyl (C=O) groups excluding carboxylic acids is 2. The number of carbonyl (C=O) groups is 2. The van der Waals surface area contributed by atoms with Crippen molar-refractivity contribution in [2.24, 2.45) is 9.54 Å². The summed E-state index contributed by atoms with van der Waals surface area (Å²) in [6.45, 7) is 22.8. The van der Waals surface area contributed by atoms with Crippen LogP contribution in [0.15, 0.2) is 72.4 Å². The third-order valence-corrected chi connectivity index (χ3v) is 10.6. The first-order chi connectivity index (χ1) is 31.9. The van der Waals surface area contributed by atoms with E-state index < -0.39 is 70.1 Å². The molecule has 0 aromatic heterocycles. The number of halogens is 10. The van der Waals surface area contributed by atoms with Crippen LogP contribution in [-0.4, -0.2) is 109 Å². The van der Waals surface area contributed by atoms with E-state index in [-0.39, 0.29) is 108 Å². The number of Topliss-reactive ketones (excluding diaryl/α,β-unsaturated/α-hetero) is 1. The number of nitrogens with two attached hydrogens (primary N) is 1. The van der Waals surface area contributed by atoms with Gasteiger partial charge >= 0.3 is 24.8 Å².